The van der Waals surface area contributed by atoms with Crippen LogP contribution in [0.3, 0.4) is 0 Å². The Labute approximate surface area is 85.9 Å². The van der Waals surface area contributed by atoms with Crippen molar-refractivity contribution in [2.45, 2.75) is 13.3 Å². The molecule has 0 aromatic carbocycles. The van der Waals surface area contributed by atoms with Crippen LogP contribution in [0.15, 0.2) is 0 Å². The first-order chi connectivity index (χ1) is 6.64. The first-order valence-corrected chi connectivity index (χ1v) is 6.95. The van der Waals surface area contributed by atoms with E-state index in [1.807, 2.05) is 6.92 Å². The van der Waals surface area contributed by atoms with E-state index in [2.05, 4.69) is 5.32 Å². The van der Waals surface area contributed by atoms with E-state index >= 15 is 0 Å². The van der Waals surface area contributed by atoms with Gasteiger partial charge in [-0.25, -0.2) is 8.42 Å². The highest BCUT2D eigenvalue weighted by molar-refractivity contribution is 7.91. The highest BCUT2D eigenvalue weighted by atomic mass is 32.2. The quantitative estimate of drug-likeness (QED) is 0.617. The van der Waals surface area contributed by atoms with Gasteiger partial charge in [-0.15, -0.1) is 0 Å². The van der Waals surface area contributed by atoms with Crippen LogP contribution in [0.5, 0.6) is 0 Å². The van der Waals surface area contributed by atoms with Crippen LogP contribution in [0.2, 0.25) is 0 Å². The van der Waals surface area contributed by atoms with Gasteiger partial charge in [0.15, 0.2) is 9.84 Å². The predicted octanol–water partition coefficient (Wildman–Crippen LogP) is 0.0472. The first kappa shape index (κ1) is 11.9. The number of rotatable bonds is 7. The first-order valence-electron chi connectivity index (χ1n) is 5.13. The molecule has 1 saturated heterocycles. The van der Waals surface area contributed by atoms with Gasteiger partial charge in [0.25, 0.3) is 0 Å². The number of sulfone groups is 1. The summed E-state index contributed by atoms with van der Waals surface area (Å²) in [5, 5.41) is 3.06. The Balaban J connectivity index is 2.13. The average Bonchev–Trinajstić information content (AvgIpc) is 2.06. The van der Waals surface area contributed by atoms with E-state index in [4.69, 9.17) is 4.74 Å². The molecule has 0 aliphatic carbocycles. The lowest BCUT2D eigenvalue weighted by molar-refractivity contribution is 0.149. The summed E-state index contributed by atoms with van der Waals surface area (Å²) in [5.74, 6) is 0.810. The van der Waals surface area contributed by atoms with Crippen molar-refractivity contribution in [3.8, 4) is 0 Å². The molecular formula is C9H19NO3S. The minimum atomic E-state index is -2.89. The normalized spacial score (nSPS) is 18.1. The van der Waals surface area contributed by atoms with Crippen LogP contribution in [-0.4, -0.2) is 46.2 Å². The Kier molecular flexibility index (Phi) is 4.84. The zero-order valence-electron chi connectivity index (χ0n) is 8.66. The van der Waals surface area contributed by atoms with E-state index in [1.54, 1.807) is 0 Å². The van der Waals surface area contributed by atoms with Gasteiger partial charge in [0.05, 0.1) is 18.1 Å². The number of hydrogen-bond acceptors (Lipinski definition) is 4. The molecule has 0 bridgehead atoms. The summed E-state index contributed by atoms with van der Waals surface area (Å²) >= 11 is 0. The van der Waals surface area contributed by atoms with Crippen molar-refractivity contribution in [2.75, 3.05) is 37.8 Å². The molecule has 5 heteroatoms. The zero-order valence-corrected chi connectivity index (χ0v) is 9.48. The molecule has 1 heterocycles. The average molecular weight is 221 g/mol. The monoisotopic (exact) mass is 221 g/mol. The fourth-order valence-corrected chi connectivity index (χ4v) is 2.83. The van der Waals surface area contributed by atoms with Gasteiger partial charge in [-0.1, -0.05) is 6.92 Å². The molecule has 1 aliphatic heterocycles. The van der Waals surface area contributed by atoms with Crippen LogP contribution < -0.4 is 5.32 Å². The summed E-state index contributed by atoms with van der Waals surface area (Å²) in [4.78, 5) is 0. The van der Waals surface area contributed by atoms with Gasteiger partial charge in [-0.3, -0.25) is 0 Å². The Bertz CT molecular complexity index is 247. The van der Waals surface area contributed by atoms with Gasteiger partial charge >= 0.3 is 0 Å². The molecule has 1 N–H and O–H groups in total. The summed E-state index contributed by atoms with van der Waals surface area (Å²) < 4.78 is 28.1. The third-order valence-corrected chi connectivity index (χ3v) is 4.01. The lowest BCUT2D eigenvalue weighted by Crippen LogP contribution is -2.46. The molecule has 1 rings (SSSR count). The van der Waals surface area contributed by atoms with Crippen LogP contribution in [0.25, 0.3) is 0 Å². The molecule has 0 aromatic rings. The Morgan fingerprint density at radius 2 is 2.07 bits per heavy atom. The van der Waals surface area contributed by atoms with Gasteiger partial charge in [-0.05, 0) is 12.3 Å². The summed E-state index contributed by atoms with van der Waals surface area (Å²) in [7, 11) is -2.89. The molecule has 0 aromatic heterocycles. The van der Waals surface area contributed by atoms with Crippen molar-refractivity contribution in [1.82, 2.24) is 5.32 Å². The minimum absolute atomic E-state index is 0.170. The number of ether oxygens (including phenoxy) is 1. The molecule has 1 aliphatic rings. The molecule has 0 saturated carbocycles. The molecule has 0 unspecified atom stereocenters. The minimum Gasteiger partial charge on any atom is -0.380 e. The lowest BCUT2D eigenvalue weighted by Gasteiger charge is -2.26. The van der Waals surface area contributed by atoms with Crippen molar-refractivity contribution in [3.63, 3.8) is 0 Å². The van der Waals surface area contributed by atoms with Crippen LogP contribution in [0.1, 0.15) is 13.3 Å². The highest BCUT2D eigenvalue weighted by Crippen LogP contribution is 2.07. The standard InChI is InChI=1S/C9H19NO3S/c1-2-3-13-4-5-14(11,12)8-9-6-10-7-9/h9-10H,2-8H2,1H3. The summed E-state index contributed by atoms with van der Waals surface area (Å²) in [5.41, 5.74) is 0. The van der Waals surface area contributed by atoms with Gasteiger partial charge in [0, 0.05) is 19.7 Å². The third-order valence-electron chi connectivity index (χ3n) is 2.24. The maximum absolute atomic E-state index is 11.5. The largest absolute Gasteiger partial charge is 0.380 e. The van der Waals surface area contributed by atoms with Crippen LogP contribution in [0.4, 0.5) is 0 Å². The molecule has 14 heavy (non-hydrogen) atoms. The summed E-state index contributed by atoms with van der Waals surface area (Å²) in [6.45, 7) is 4.69. The second kappa shape index (κ2) is 5.68. The van der Waals surface area contributed by atoms with Crippen molar-refractivity contribution in [3.05, 3.63) is 0 Å². The van der Waals surface area contributed by atoms with Gasteiger partial charge in [0.1, 0.15) is 0 Å². The summed E-state index contributed by atoms with van der Waals surface area (Å²) in [6, 6.07) is 0. The third kappa shape index (κ3) is 4.39. The van der Waals surface area contributed by atoms with E-state index in [1.165, 1.54) is 0 Å². The number of nitrogens with one attached hydrogen (secondary N) is 1. The fourth-order valence-electron chi connectivity index (χ4n) is 1.34. The molecule has 0 atom stereocenters. The number of hydrogen-bond donors (Lipinski definition) is 1. The molecular weight excluding hydrogens is 202 g/mol. The summed E-state index contributed by atoms with van der Waals surface area (Å²) in [6.07, 6.45) is 0.937. The van der Waals surface area contributed by atoms with Crippen molar-refractivity contribution in [2.24, 2.45) is 5.92 Å². The second-order valence-electron chi connectivity index (χ2n) is 3.75. The van der Waals surface area contributed by atoms with E-state index in [0.717, 1.165) is 19.5 Å². The maximum Gasteiger partial charge on any atom is 0.152 e. The van der Waals surface area contributed by atoms with E-state index in [-0.39, 0.29) is 5.75 Å². The van der Waals surface area contributed by atoms with Crippen molar-refractivity contribution < 1.29 is 13.2 Å². The van der Waals surface area contributed by atoms with Crippen LogP contribution in [0, 0.1) is 5.92 Å². The second-order valence-corrected chi connectivity index (χ2v) is 5.98. The smallest absolute Gasteiger partial charge is 0.152 e. The van der Waals surface area contributed by atoms with Gasteiger partial charge in [0.2, 0.25) is 0 Å². The van der Waals surface area contributed by atoms with Gasteiger partial charge < -0.3 is 10.1 Å². The molecule has 1 fully saturated rings. The highest BCUT2D eigenvalue weighted by Gasteiger charge is 2.23. The van der Waals surface area contributed by atoms with Crippen LogP contribution >= 0.6 is 0 Å². The zero-order chi connectivity index (χ0) is 10.4. The SMILES string of the molecule is CCCOCCS(=O)(=O)CC1CNC1. The van der Waals surface area contributed by atoms with Crippen molar-refractivity contribution in [1.29, 1.82) is 0 Å². The van der Waals surface area contributed by atoms with E-state index in [9.17, 15) is 8.42 Å². The van der Waals surface area contributed by atoms with Crippen LogP contribution in [-0.2, 0) is 14.6 Å². The van der Waals surface area contributed by atoms with E-state index in [0.29, 0.717) is 24.9 Å². The maximum atomic E-state index is 11.5. The molecule has 0 radical (unpaired) electrons. The lowest BCUT2D eigenvalue weighted by atomic mass is 10.1. The Morgan fingerprint density at radius 3 is 2.57 bits per heavy atom. The predicted molar refractivity (Wildman–Crippen MR) is 56.1 cm³/mol. The molecule has 4 nitrogen and oxygen atoms in total. The molecule has 84 valence electrons. The fraction of sp³-hybridized carbons (Fsp3) is 1.00. The Morgan fingerprint density at radius 1 is 1.36 bits per heavy atom. The topological polar surface area (TPSA) is 55.4 Å². The molecule has 0 amide bonds. The van der Waals surface area contributed by atoms with Crippen molar-refractivity contribution >= 4 is 9.84 Å². The molecule has 0 spiro atoms. The van der Waals surface area contributed by atoms with Gasteiger partial charge in [-0.2, -0.15) is 0 Å². The van der Waals surface area contributed by atoms with E-state index < -0.39 is 9.84 Å². The Hall–Kier alpha value is -0.130.